The average molecular weight is 516 g/mol. The topological polar surface area (TPSA) is 97.0 Å². The fourth-order valence-corrected chi connectivity index (χ4v) is 3.84. The second kappa shape index (κ2) is 13.2. The maximum atomic E-state index is 13.6. The van der Waals surface area contributed by atoms with Gasteiger partial charge >= 0.3 is 6.09 Å². The zero-order chi connectivity index (χ0) is 26.9. The summed E-state index contributed by atoms with van der Waals surface area (Å²) < 4.78 is 10.5. The van der Waals surface area contributed by atoms with E-state index in [0.717, 1.165) is 12.0 Å². The normalized spacial score (nSPS) is 12.8. The Hall–Kier alpha value is -3.20. The van der Waals surface area contributed by atoms with Gasteiger partial charge in [-0.1, -0.05) is 31.2 Å². The second-order valence-electron chi connectivity index (χ2n) is 9.22. The molecule has 0 fully saturated rings. The van der Waals surface area contributed by atoms with Crippen LogP contribution in [0.25, 0.3) is 0 Å². The summed E-state index contributed by atoms with van der Waals surface area (Å²) in [5.41, 5.74) is 1.61. The average Bonchev–Trinajstić information content (AvgIpc) is 2.84. The lowest BCUT2D eigenvalue weighted by Gasteiger charge is -2.33. The molecule has 0 aliphatic carbocycles. The number of carbonyl (C=O) groups excluding carboxylic acids is 3. The quantitative estimate of drug-likeness (QED) is 0.402. The van der Waals surface area contributed by atoms with E-state index in [9.17, 15) is 14.4 Å². The van der Waals surface area contributed by atoms with Gasteiger partial charge in [0.1, 0.15) is 23.4 Å². The molecule has 9 heteroatoms. The maximum Gasteiger partial charge on any atom is 0.408 e. The van der Waals surface area contributed by atoms with Gasteiger partial charge in [0, 0.05) is 18.0 Å². The third-order valence-corrected chi connectivity index (χ3v) is 5.78. The van der Waals surface area contributed by atoms with Crippen LogP contribution in [0, 0.1) is 0 Å². The van der Waals surface area contributed by atoms with Crippen LogP contribution >= 0.6 is 12.6 Å². The first-order chi connectivity index (χ1) is 17.0. The number of nitrogens with zero attached hydrogens (tertiary/aromatic N) is 1. The van der Waals surface area contributed by atoms with Crippen LogP contribution in [0.2, 0.25) is 0 Å². The van der Waals surface area contributed by atoms with Crippen LogP contribution in [0.3, 0.4) is 0 Å². The molecule has 0 bridgehead atoms. The van der Waals surface area contributed by atoms with Crippen LogP contribution < -0.4 is 15.4 Å². The predicted octanol–water partition coefficient (Wildman–Crippen LogP) is 4.61. The first-order valence-electron chi connectivity index (χ1n) is 12.0. The highest BCUT2D eigenvalue weighted by Gasteiger charge is 2.35. The van der Waals surface area contributed by atoms with Crippen LogP contribution in [0.15, 0.2) is 48.5 Å². The molecule has 2 rings (SSSR count). The monoisotopic (exact) mass is 515 g/mol. The van der Waals surface area contributed by atoms with Crippen LogP contribution in [0.4, 0.5) is 10.5 Å². The van der Waals surface area contributed by atoms with Gasteiger partial charge in [-0.3, -0.25) is 9.59 Å². The van der Waals surface area contributed by atoms with E-state index >= 15 is 0 Å². The number of benzene rings is 2. The molecular formula is C27H37N3O5S. The number of rotatable bonds is 10. The third kappa shape index (κ3) is 8.19. The highest BCUT2D eigenvalue weighted by Crippen LogP contribution is 2.26. The number of nitrogens with one attached hydrogen (secondary N) is 2. The summed E-state index contributed by atoms with van der Waals surface area (Å²) in [6.45, 7) is 9.28. The Balaban J connectivity index is 2.38. The lowest BCUT2D eigenvalue weighted by Crippen LogP contribution is -2.53. The number of likely N-dealkylation sites (N-methyl/N-ethyl adjacent to an activating group) is 1. The summed E-state index contributed by atoms with van der Waals surface area (Å²) in [6.07, 6.45) is 0.124. The molecular weight excluding hydrogens is 478 g/mol. The predicted molar refractivity (Wildman–Crippen MR) is 145 cm³/mol. The Bertz CT molecular complexity index is 1020. The van der Waals surface area contributed by atoms with Crippen LogP contribution in [0.5, 0.6) is 5.75 Å². The van der Waals surface area contributed by atoms with E-state index in [0.29, 0.717) is 17.0 Å². The SMILES string of the molecule is CCc1ccc(C(C(=O)Nc2ccc(OC)cc2)N(CC)C(=O)C(CS)NC(=O)OC(C)(C)C)cc1. The number of hydrogen-bond acceptors (Lipinski definition) is 6. The Kier molecular flexibility index (Phi) is 10.6. The molecule has 3 amide bonds. The second-order valence-corrected chi connectivity index (χ2v) is 9.59. The lowest BCUT2D eigenvalue weighted by molar-refractivity contribution is -0.140. The van der Waals surface area contributed by atoms with Gasteiger partial charge in [0.05, 0.1) is 7.11 Å². The van der Waals surface area contributed by atoms with E-state index in [2.05, 4.69) is 23.3 Å². The molecule has 2 aromatic carbocycles. The molecule has 196 valence electrons. The Morgan fingerprint density at radius 1 is 1.00 bits per heavy atom. The van der Waals surface area contributed by atoms with Crippen molar-refractivity contribution in [3.63, 3.8) is 0 Å². The summed E-state index contributed by atoms with van der Waals surface area (Å²) in [6, 6.07) is 12.6. The Labute approximate surface area is 219 Å². The van der Waals surface area contributed by atoms with E-state index in [1.807, 2.05) is 31.2 Å². The summed E-state index contributed by atoms with van der Waals surface area (Å²) in [4.78, 5) is 41.0. The van der Waals surface area contributed by atoms with Crippen molar-refractivity contribution >= 4 is 36.2 Å². The van der Waals surface area contributed by atoms with Crippen molar-refractivity contribution in [2.45, 2.75) is 58.7 Å². The van der Waals surface area contributed by atoms with Gasteiger partial charge in [-0.15, -0.1) is 0 Å². The van der Waals surface area contributed by atoms with E-state index in [-0.39, 0.29) is 18.2 Å². The first-order valence-corrected chi connectivity index (χ1v) is 12.6. The van der Waals surface area contributed by atoms with Gasteiger partial charge in [-0.2, -0.15) is 12.6 Å². The van der Waals surface area contributed by atoms with Crippen LogP contribution in [-0.2, 0) is 20.7 Å². The molecule has 2 N–H and O–H groups in total. The molecule has 2 aromatic rings. The Morgan fingerprint density at radius 3 is 2.08 bits per heavy atom. The number of aryl methyl sites for hydroxylation is 1. The van der Waals surface area contributed by atoms with Crippen molar-refractivity contribution in [1.29, 1.82) is 0 Å². The van der Waals surface area contributed by atoms with Crippen molar-refractivity contribution in [2.24, 2.45) is 0 Å². The number of hydrogen-bond donors (Lipinski definition) is 3. The van der Waals surface area contributed by atoms with Crippen LogP contribution in [-0.4, -0.2) is 53.9 Å². The number of anilines is 1. The van der Waals surface area contributed by atoms with Crippen molar-refractivity contribution in [3.05, 3.63) is 59.7 Å². The molecule has 0 spiro atoms. The number of alkyl carbamates (subject to hydrolysis) is 1. The van der Waals surface area contributed by atoms with Crippen LogP contribution in [0.1, 0.15) is 51.8 Å². The molecule has 0 aliphatic heterocycles. The first kappa shape index (κ1) is 29.0. The summed E-state index contributed by atoms with van der Waals surface area (Å²) in [7, 11) is 1.57. The number of amides is 3. The molecule has 2 atom stereocenters. The highest BCUT2D eigenvalue weighted by atomic mass is 32.1. The van der Waals surface area contributed by atoms with Crippen molar-refractivity contribution in [3.8, 4) is 5.75 Å². The van der Waals surface area contributed by atoms with E-state index in [1.165, 1.54) is 4.90 Å². The van der Waals surface area contributed by atoms with Gasteiger partial charge in [0.25, 0.3) is 5.91 Å². The van der Waals surface area contributed by atoms with Crippen molar-refractivity contribution in [2.75, 3.05) is 24.7 Å². The maximum absolute atomic E-state index is 13.6. The van der Waals surface area contributed by atoms with E-state index < -0.39 is 29.7 Å². The lowest BCUT2D eigenvalue weighted by atomic mass is 10.0. The smallest absolute Gasteiger partial charge is 0.408 e. The van der Waals surface area contributed by atoms with Gasteiger partial charge in [0.15, 0.2) is 0 Å². The summed E-state index contributed by atoms with van der Waals surface area (Å²) in [5.74, 6) is -0.117. The van der Waals surface area contributed by atoms with Gasteiger partial charge < -0.3 is 25.0 Å². The standard InChI is InChI=1S/C27H37N3O5S/c1-7-18-9-11-19(12-10-18)23(24(31)28-20-13-15-21(34-6)16-14-20)30(8-2)25(32)22(17-36)29-26(33)35-27(3,4)5/h9-16,22-23,36H,7-8,17H2,1-6H3,(H,28,31)(H,29,33). The molecule has 0 aliphatic rings. The minimum absolute atomic E-state index is 0.0379. The molecule has 0 saturated carbocycles. The van der Waals surface area contributed by atoms with Gasteiger partial charge in [-0.05, 0) is 69.5 Å². The van der Waals surface area contributed by atoms with Gasteiger partial charge in [-0.25, -0.2) is 4.79 Å². The fraction of sp³-hybridized carbons (Fsp3) is 0.444. The molecule has 0 radical (unpaired) electrons. The molecule has 8 nitrogen and oxygen atoms in total. The number of carbonyl (C=O) groups is 3. The minimum Gasteiger partial charge on any atom is -0.497 e. The van der Waals surface area contributed by atoms with Gasteiger partial charge in [0.2, 0.25) is 5.91 Å². The zero-order valence-corrected chi connectivity index (χ0v) is 22.7. The fourth-order valence-electron chi connectivity index (χ4n) is 3.59. The molecule has 0 aromatic heterocycles. The third-order valence-electron chi connectivity index (χ3n) is 5.42. The van der Waals surface area contributed by atoms with E-state index in [4.69, 9.17) is 9.47 Å². The summed E-state index contributed by atoms with van der Waals surface area (Å²) >= 11 is 4.28. The largest absolute Gasteiger partial charge is 0.497 e. The van der Waals surface area contributed by atoms with E-state index in [1.54, 1.807) is 59.1 Å². The molecule has 0 heterocycles. The zero-order valence-electron chi connectivity index (χ0n) is 21.8. The molecule has 36 heavy (non-hydrogen) atoms. The Morgan fingerprint density at radius 2 is 1.61 bits per heavy atom. The van der Waals surface area contributed by atoms with Crippen molar-refractivity contribution < 1.29 is 23.9 Å². The van der Waals surface area contributed by atoms with Crippen molar-refractivity contribution in [1.82, 2.24) is 10.2 Å². The number of ether oxygens (including phenoxy) is 2. The highest BCUT2D eigenvalue weighted by molar-refractivity contribution is 7.80. The number of thiol groups is 1. The molecule has 0 saturated heterocycles. The minimum atomic E-state index is -0.977. The summed E-state index contributed by atoms with van der Waals surface area (Å²) in [5, 5.41) is 5.49. The molecule has 2 unspecified atom stereocenters. The number of methoxy groups -OCH3 is 1.